The molecule has 0 spiro atoms. The Hall–Kier alpha value is -1.34. The van der Waals surface area contributed by atoms with Crippen molar-refractivity contribution >= 4 is 17.7 Å². The maximum atomic E-state index is 11.9. The third-order valence-electron chi connectivity index (χ3n) is 3.76. The molecule has 0 bridgehead atoms. The first-order valence-corrected chi connectivity index (χ1v) is 9.56. The second-order valence-electron chi connectivity index (χ2n) is 7.74. The zero-order chi connectivity index (χ0) is 19.4. The Morgan fingerprint density at radius 2 is 1.96 bits per heavy atom. The largest absolute Gasteiger partial charge is 0.462 e. The van der Waals surface area contributed by atoms with Crippen LogP contribution in [-0.4, -0.2) is 41.8 Å². The van der Waals surface area contributed by atoms with Gasteiger partial charge in [-0.2, -0.15) is 0 Å². The van der Waals surface area contributed by atoms with Crippen molar-refractivity contribution in [1.82, 2.24) is 0 Å². The van der Waals surface area contributed by atoms with Crippen molar-refractivity contribution in [2.45, 2.75) is 63.6 Å². The van der Waals surface area contributed by atoms with E-state index >= 15 is 0 Å². The molecule has 0 radical (unpaired) electrons. The molecule has 0 saturated carbocycles. The summed E-state index contributed by atoms with van der Waals surface area (Å²) in [5, 5.41) is 12.4. The average molecular weight is 381 g/mol. The van der Waals surface area contributed by atoms with E-state index in [0.717, 1.165) is 4.90 Å². The van der Waals surface area contributed by atoms with Gasteiger partial charge in [-0.05, 0) is 58.2 Å². The molecular formula is C20H28O5S. The maximum Gasteiger partial charge on any atom is 0.311 e. The molecule has 1 aromatic rings. The van der Waals surface area contributed by atoms with Crippen LogP contribution in [0.25, 0.3) is 0 Å². The van der Waals surface area contributed by atoms with E-state index in [9.17, 15) is 9.90 Å². The third-order valence-corrected chi connectivity index (χ3v) is 4.59. The fourth-order valence-corrected chi connectivity index (χ4v) is 3.14. The highest BCUT2D eigenvalue weighted by molar-refractivity contribution is 8.02. The van der Waals surface area contributed by atoms with Crippen LogP contribution >= 0.6 is 11.8 Å². The molecule has 5 nitrogen and oxygen atoms in total. The van der Waals surface area contributed by atoms with Gasteiger partial charge in [0.05, 0.1) is 5.41 Å². The Bertz CT molecular complexity index is 621. The number of esters is 1. The van der Waals surface area contributed by atoms with Crippen LogP contribution in [0.5, 0.6) is 0 Å². The summed E-state index contributed by atoms with van der Waals surface area (Å²) in [5.41, 5.74) is -0.613. The maximum absolute atomic E-state index is 11.9. The van der Waals surface area contributed by atoms with Gasteiger partial charge in [-0.15, -0.1) is 0 Å². The number of thioether (sulfide) groups is 1. The van der Waals surface area contributed by atoms with Crippen molar-refractivity contribution < 1.29 is 24.1 Å². The molecule has 0 aromatic heterocycles. The van der Waals surface area contributed by atoms with Gasteiger partial charge in [0.25, 0.3) is 0 Å². The summed E-state index contributed by atoms with van der Waals surface area (Å²) in [6, 6.07) is 9.96. The summed E-state index contributed by atoms with van der Waals surface area (Å²) < 4.78 is 16.9. The second kappa shape index (κ2) is 8.57. The number of carbonyl (C=O) groups is 1. The van der Waals surface area contributed by atoms with Gasteiger partial charge in [-0.25, -0.2) is 0 Å². The minimum atomic E-state index is -0.973. The first-order chi connectivity index (χ1) is 12.1. The molecule has 1 heterocycles. The van der Waals surface area contributed by atoms with Crippen molar-refractivity contribution in [3.8, 4) is 0 Å². The number of aliphatic hydroxyl groups is 1. The highest BCUT2D eigenvalue weighted by atomic mass is 32.2. The van der Waals surface area contributed by atoms with E-state index in [1.807, 2.05) is 41.8 Å². The molecule has 6 heteroatoms. The topological polar surface area (TPSA) is 65.0 Å². The minimum absolute atomic E-state index is 0.129. The molecule has 1 saturated heterocycles. The second-order valence-corrected chi connectivity index (χ2v) is 8.72. The van der Waals surface area contributed by atoms with Crippen LogP contribution in [0, 0.1) is 5.41 Å². The van der Waals surface area contributed by atoms with E-state index in [4.69, 9.17) is 14.2 Å². The molecule has 0 aliphatic carbocycles. The van der Waals surface area contributed by atoms with Crippen LogP contribution in [0.15, 0.2) is 46.7 Å². The monoisotopic (exact) mass is 380 g/mol. The number of rotatable bonds is 6. The van der Waals surface area contributed by atoms with Crippen molar-refractivity contribution in [1.29, 1.82) is 0 Å². The lowest BCUT2D eigenvalue weighted by molar-refractivity contribution is -0.167. The van der Waals surface area contributed by atoms with E-state index in [-0.39, 0.29) is 12.6 Å². The highest BCUT2D eigenvalue weighted by Crippen LogP contribution is 2.32. The van der Waals surface area contributed by atoms with Crippen LogP contribution in [0.2, 0.25) is 0 Å². The molecular weight excluding hydrogens is 352 g/mol. The summed E-state index contributed by atoms with van der Waals surface area (Å²) in [4.78, 5) is 13.0. The number of hydrogen-bond donors (Lipinski definition) is 1. The molecule has 2 rings (SSSR count). The predicted molar refractivity (Wildman–Crippen MR) is 102 cm³/mol. The van der Waals surface area contributed by atoms with Crippen LogP contribution in [0.3, 0.4) is 0 Å². The smallest absolute Gasteiger partial charge is 0.311 e. The summed E-state index contributed by atoms with van der Waals surface area (Å²) in [6.07, 6.45) is -0.138. The minimum Gasteiger partial charge on any atom is -0.462 e. The molecule has 3 atom stereocenters. The molecule has 26 heavy (non-hydrogen) atoms. The van der Waals surface area contributed by atoms with Gasteiger partial charge in [0.2, 0.25) is 0 Å². The van der Waals surface area contributed by atoms with Gasteiger partial charge in [0.15, 0.2) is 5.79 Å². The summed E-state index contributed by atoms with van der Waals surface area (Å²) in [5.74, 6) is -1.17. The van der Waals surface area contributed by atoms with Crippen LogP contribution in [0.1, 0.15) is 34.6 Å². The summed E-state index contributed by atoms with van der Waals surface area (Å²) in [6.45, 7) is 8.78. The van der Waals surface area contributed by atoms with E-state index in [1.54, 1.807) is 46.4 Å². The van der Waals surface area contributed by atoms with Gasteiger partial charge in [-0.3, -0.25) is 4.79 Å². The number of aliphatic hydroxyl groups excluding tert-OH is 1. The van der Waals surface area contributed by atoms with E-state index in [2.05, 4.69) is 0 Å². The zero-order valence-electron chi connectivity index (χ0n) is 16.0. The Kier molecular flexibility index (Phi) is 6.91. The van der Waals surface area contributed by atoms with Crippen LogP contribution in [-0.2, 0) is 19.0 Å². The van der Waals surface area contributed by atoms with E-state index < -0.39 is 29.5 Å². The van der Waals surface area contributed by atoms with Gasteiger partial charge >= 0.3 is 5.97 Å². The average Bonchev–Trinajstić information content (AvgIpc) is 2.87. The SMILES string of the molecule is CC1(C)O[C@H]([C@H](O)COC(=O)C(C)(C)C)[C@H](/C=C\Sc2ccccc2)O1. The van der Waals surface area contributed by atoms with Crippen molar-refractivity contribution in [2.75, 3.05) is 6.61 Å². The lowest BCUT2D eigenvalue weighted by atomic mass is 9.97. The Morgan fingerprint density at radius 1 is 1.31 bits per heavy atom. The van der Waals surface area contributed by atoms with Crippen molar-refractivity contribution in [3.63, 3.8) is 0 Å². The molecule has 1 aliphatic rings. The van der Waals surface area contributed by atoms with Crippen LogP contribution < -0.4 is 0 Å². The fraction of sp³-hybridized carbons (Fsp3) is 0.550. The number of benzene rings is 1. The molecule has 1 fully saturated rings. The first-order valence-electron chi connectivity index (χ1n) is 8.68. The Balaban J connectivity index is 1.96. The van der Waals surface area contributed by atoms with E-state index in [0.29, 0.717) is 0 Å². The molecule has 0 unspecified atom stereocenters. The normalized spacial score (nSPS) is 23.9. The standard InChI is InChI=1S/C20H28O5S/c1-19(2,3)18(22)23-13-15(21)17-16(24-20(4,5)25-17)11-12-26-14-9-7-6-8-10-14/h6-12,15-17,21H,13H2,1-5H3/b12-11-/t15-,16+,17-/m1/s1. The van der Waals surface area contributed by atoms with Gasteiger partial charge in [-0.1, -0.05) is 30.0 Å². The number of hydrogen-bond acceptors (Lipinski definition) is 6. The lowest BCUT2D eigenvalue weighted by Gasteiger charge is -2.23. The molecule has 1 N–H and O–H groups in total. The van der Waals surface area contributed by atoms with Crippen LogP contribution in [0.4, 0.5) is 0 Å². The Morgan fingerprint density at radius 3 is 2.58 bits per heavy atom. The summed E-state index contributed by atoms with van der Waals surface area (Å²) >= 11 is 1.56. The fourth-order valence-electron chi connectivity index (χ4n) is 2.43. The lowest BCUT2D eigenvalue weighted by Crippen LogP contribution is -2.39. The first kappa shape index (κ1) is 21.0. The predicted octanol–water partition coefficient (Wildman–Crippen LogP) is 3.76. The summed E-state index contributed by atoms with van der Waals surface area (Å²) in [7, 11) is 0. The van der Waals surface area contributed by atoms with Gasteiger partial charge in [0.1, 0.15) is 24.9 Å². The number of carbonyl (C=O) groups excluding carboxylic acids is 1. The number of ether oxygens (including phenoxy) is 3. The zero-order valence-corrected chi connectivity index (χ0v) is 16.8. The van der Waals surface area contributed by atoms with Gasteiger partial charge in [0, 0.05) is 4.90 Å². The molecule has 1 aromatic carbocycles. The van der Waals surface area contributed by atoms with E-state index in [1.165, 1.54) is 0 Å². The molecule has 1 aliphatic heterocycles. The van der Waals surface area contributed by atoms with Gasteiger partial charge < -0.3 is 19.3 Å². The highest BCUT2D eigenvalue weighted by Gasteiger charge is 2.44. The Labute approximate surface area is 159 Å². The van der Waals surface area contributed by atoms with Crippen molar-refractivity contribution in [2.24, 2.45) is 5.41 Å². The molecule has 144 valence electrons. The third kappa shape index (κ3) is 6.13. The quantitative estimate of drug-likeness (QED) is 0.599. The molecule has 0 amide bonds. The van der Waals surface area contributed by atoms with Crippen molar-refractivity contribution in [3.05, 3.63) is 41.8 Å².